The number of carbonyl (C=O) groups excluding carboxylic acids is 2. The summed E-state index contributed by atoms with van der Waals surface area (Å²) in [6.07, 6.45) is -4.57. The maximum absolute atomic E-state index is 12.5. The molecule has 7 heteroatoms. The summed E-state index contributed by atoms with van der Waals surface area (Å²) in [6.45, 7) is 0. The number of carbonyl (C=O) groups is 2. The SMILES string of the molecule is NC(=O)C[C@H]1CC(=O)c2cc(C(F)(F)F)ccc2N1. The normalized spacial score (nSPS) is 18.7. The van der Waals surface area contributed by atoms with Crippen LogP contribution < -0.4 is 11.1 Å². The lowest BCUT2D eigenvalue weighted by molar-refractivity contribution is -0.137. The number of Topliss-reactive ketones (excluding diaryl/α,β-unsaturated/α-hetero) is 1. The van der Waals surface area contributed by atoms with Crippen LogP contribution in [0.5, 0.6) is 0 Å². The van der Waals surface area contributed by atoms with Crippen molar-refractivity contribution >= 4 is 17.4 Å². The van der Waals surface area contributed by atoms with E-state index < -0.39 is 29.5 Å². The molecular weight excluding hydrogens is 261 g/mol. The van der Waals surface area contributed by atoms with Crippen molar-refractivity contribution in [3.05, 3.63) is 29.3 Å². The topological polar surface area (TPSA) is 72.2 Å². The third kappa shape index (κ3) is 2.86. The van der Waals surface area contributed by atoms with Crippen LogP contribution in [-0.2, 0) is 11.0 Å². The maximum Gasteiger partial charge on any atom is 0.416 e. The van der Waals surface area contributed by atoms with Gasteiger partial charge in [-0.05, 0) is 18.2 Å². The molecule has 0 aliphatic carbocycles. The Morgan fingerprint density at radius 1 is 1.42 bits per heavy atom. The third-order valence-electron chi connectivity index (χ3n) is 2.89. The number of nitrogens with two attached hydrogens (primary N) is 1. The quantitative estimate of drug-likeness (QED) is 0.864. The van der Waals surface area contributed by atoms with E-state index in [0.717, 1.165) is 12.1 Å². The molecule has 0 saturated carbocycles. The molecule has 1 amide bonds. The molecule has 1 atom stereocenters. The minimum Gasteiger partial charge on any atom is -0.381 e. The Balaban J connectivity index is 2.31. The van der Waals surface area contributed by atoms with Crippen molar-refractivity contribution in [1.82, 2.24) is 0 Å². The average Bonchev–Trinajstić information content (AvgIpc) is 2.26. The first-order valence-electron chi connectivity index (χ1n) is 5.56. The van der Waals surface area contributed by atoms with E-state index in [4.69, 9.17) is 5.73 Å². The van der Waals surface area contributed by atoms with E-state index in [0.29, 0.717) is 5.69 Å². The van der Waals surface area contributed by atoms with Gasteiger partial charge in [-0.3, -0.25) is 9.59 Å². The maximum atomic E-state index is 12.5. The average molecular weight is 272 g/mol. The Hall–Kier alpha value is -2.05. The number of benzene rings is 1. The molecule has 2 rings (SSSR count). The van der Waals surface area contributed by atoms with Crippen molar-refractivity contribution in [1.29, 1.82) is 0 Å². The van der Waals surface area contributed by atoms with Gasteiger partial charge in [0.2, 0.25) is 5.91 Å². The number of fused-ring (bicyclic) bond motifs is 1. The first-order chi connectivity index (χ1) is 8.77. The summed E-state index contributed by atoms with van der Waals surface area (Å²) in [4.78, 5) is 22.6. The molecule has 4 nitrogen and oxygen atoms in total. The fraction of sp³-hybridized carbons (Fsp3) is 0.333. The number of alkyl halides is 3. The lowest BCUT2D eigenvalue weighted by Gasteiger charge is -2.25. The second-order valence-electron chi connectivity index (χ2n) is 4.40. The number of anilines is 1. The largest absolute Gasteiger partial charge is 0.416 e. The van der Waals surface area contributed by atoms with E-state index in [1.807, 2.05) is 0 Å². The molecule has 0 radical (unpaired) electrons. The van der Waals surface area contributed by atoms with E-state index in [1.54, 1.807) is 0 Å². The van der Waals surface area contributed by atoms with Crippen LogP contribution in [0.3, 0.4) is 0 Å². The fourth-order valence-electron chi connectivity index (χ4n) is 2.05. The molecule has 1 aromatic rings. The number of nitrogens with one attached hydrogen (secondary N) is 1. The number of halogens is 3. The van der Waals surface area contributed by atoms with Crippen molar-refractivity contribution in [2.24, 2.45) is 5.73 Å². The molecule has 0 bridgehead atoms. The predicted molar refractivity (Wildman–Crippen MR) is 61.6 cm³/mol. The first kappa shape index (κ1) is 13.4. The number of rotatable bonds is 2. The van der Waals surface area contributed by atoms with Gasteiger partial charge in [-0.2, -0.15) is 13.2 Å². The molecule has 102 valence electrons. The highest BCUT2D eigenvalue weighted by Gasteiger charge is 2.33. The van der Waals surface area contributed by atoms with Gasteiger partial charge in [0.1, 0.15) is 0 Å². The lowest BCUT2D eigenvalue weighted by atomic mass is 9.93. The van der Waals surface area contributed by atoms with Crippen molar-refractivity contribution in [3.63, 3.8) is 0 Å². The molecule has 1 heterocycles. The van der Waals surface area contributed by atoms with Gasteiger partial charge in [-0.15, -0.1) is 0 Å². The number of ketones is 1. The number of hydrogen-bond acceptors (Lipinski definition) is 3. The van der Waals surface area contributed by atoms with Gasteiger partial charge < -0.3 is 11.1 Å². The highest BCUT2D eigenvalue weighted by atomic mass is 19.4. The lowest BCUT2D eigenvalue weighted by Crippen LogP contribution is -2.33. The van der Waals surface area contributed by atoms with E-state index in [-0.39, 0.29) is 18.4 Å². The van der Waals surface area contributed by atoms with Gasteiger partial charge in [-0.25, -0.2) is 0 Å². The minimum absolute atomic E-state index is 0.00412. The molecule has 0 saturated heterocycles. The second kappa shape index (κ2) is 4.56. The van der Waals surface area contributed by atoms with Crippen molar-refractivity contribution < 1.29 is 22.8 Å². The molecule has 1 aromatic carbocycles. The van der Waals surface area contributed by atoms with E-state index in [2.05, 4.69) is 5.32 Å². The van der Waals surface area contributed by atoms with Gasteiger partial charge in [0.05, 0.1) is 5.56 Å². The molecule has 1 aliphatic heterocycles. The Morgan fingerprint density at radius 2 is 2.11 bits per heavy atom. The van der Waals surface area contributed by atoms with Crippen molar-refractivity contribution in [2.75, 3.05) is 5.32 Å². The Morgan fingerprint density at radius 3 is 2.68 bits per heavy atom. The van der Waals surface area contributed by atoms with Crippen LogP contribution in [0.15, 0.2) is 18.2 Å². The van der Waals surface area contributed by atoms with Gasteiger partial charge in [0.25, 0.3) is 0 Å². The smallest absolute Gasteiger partial charge is 0.381 e. The molecule has 1 aliphatic rings. The van der Waals surface area contributed by atoms with E-state index in [1.165, 1.54) is 6.07 Å². The fourth-order valence-corrected chi connectivity index (χ4v) is 2.05. The second-order valence-corrected chi connectivity index (χ2v) is 4.40. The zero-order valence-corrected chi connectivity index (χ0v) is 9.75. The molecular formula is C12H11F3N2O2. The number of primary amides is 1. The summed E-state index contributed by atoms with van der Waals surface area (Å²) in [5.41, 5.74) is 4.46. The van der Waals surface area contributed by atoms with Gasteiger partial charge in [-0.1, -0.05) is 0 Å². The van der Waals surface area contributed by atoms with E-state index in [9.17, 15) is 22.8 Å². The molecule has 0 fully saturated rings. The molecule has 0 unspecified atom stereocenters. The van der Waals surface area contributed by atoms with Crippen LogP contribution in [0.1, 0.15) is 28.8 Å². The van der Waals surface area contributed by atoms with Crippen LogP contribution in [0.4, 0.5) is 18.9 Å². The molecule has 3 N–H and O–H groups in total. The number of amides is 1. The standard InChI is InChI=1S/C12H11F3N2O2/c13-12(14,15)6-1-2-9-8(3-6)10(18)4-7(17-9)5-11(16)19/h1-3,7,17H,4-5H2,(H2,16,19)/t7-/m1/s1. The molecule has 0 aromatic heterocycles. The summed E-state index contributed by atoms with van der Waals surface area (Å²) in [5, 5.41) is 2.85. The summed E-state index contributed by atoms with van der Waals surface area (Å²) in [6, 6.07) is 2.45. The van der Waals surface area contributed by atoms with Crippen molar-refractivity contribution in [2.45, 2.75) is 25.1 Å². The molecule has 0 spiro atoms. The van der Waals surface area contributed by atoms with Crippen LogP contribution in [0.25, 0.3) is 0 Å². The van der Waals surface area contributed by atoms with Crippen LogP contribution in [-0.4, -0.2) is 17.7 Å². The summed E-state index contributed by atoms with van der Waals surface area (Å²) >= 11 is 0. The van der Waals surface area contributed by atoms with Gasteiger partial charge in [0, 0.05) is 30.1 Å². The van der Waals surface area contributed by atoms with Gasteiger partial charge in [0.15, 0.2) is 5.78 Å². The highest BCUT2D eigenvalue weighted by Crippen LogP contribution is 2.34. The summed E-state index contributed by atoms with van der Waals surface area (Å²) < 4.78 is 37.6. The third-order valence-corrected chi connectivity index (χ3v) is 2.89. The minimum atomic E-state index is -4.49. The zero-order chi connectivity index (χ0) is 14.2. The van der Waals surface area contributed by atoms with Crippen LogP contribution in [0, 0.1) is 0 Å². The Kier molecular flexibility index (Phi) is 3.21. The number of hydrogen-bond donors (Lipinski definition) is 2. The van der Waals surface area contributed by atoms with E-state index >= 15 is 0 Å². The first-order valence-corrected chi connectivity index (χ1v) is 5.56. The van der Waals surface area contributed by atoms with Crippen LogP contribution >= 0.6 is 0 Å². The summed E-state index contributed by atoms with van der Waals surface area (Å²) in [5.74, 6) is -0.994. The van der Waals surface area contributed by atoms with Gasteiger partial charge >= 0.3 is 6.18 Å². The zero-order valence-electron chi connectivity index (χ0n) is 9.75. The summed E-state index contributed by atoms with van der Waals surface area (Å²) in [7, 11) is 0. The monoisotopic (exact) mass is 272 g/mol. The Labute approximate surface area is 106 Å². The van der Waals surface area contributed by atoms with Crippen LogP contribution in [0.2, 0.25) is 0 Å². The highest BCUT2D eigenvalue weighted by molar-refractivity contribution is 6.04. The predicted octanol–water partition coefficient (Wildman–Crippen LogP) is 1.95. The molecule has 19 heavy (non-hydrogen) atoms. The van der Waals surface area contributed by atoms with Crippen molar-refractivity contribution in [3.8, 4) is 0 Å². The Bertz CT molecular complexity index is 540.